The van der Waals surface area contributed by atoms with Gasteiger partial charge in [-0.25, -0.2) is 4.39 Å². The fourth-order valence-corrected chi connectivity index (χ4v) is 5.70. The lowest BCUT2D eigenvalue weighted by Gasteiger charge is -2.26. The van der Waals surface area contributed by atoms with Crippen molar-refractivity contribution in [2.75, 3.05) is 40.4 Å². The highest BCUT2D eigenvalue weighted by Crippen LogP contribution is 2.38. The largest absolute Gasteiger partial charge is 0.497 e. The standard InChI is InChI=1S/C33H38FN3O3/c1-39-27-18-25(19-28(20-27)40-2)30(21-33(38)35-14-17-36-15-6-3-7-16-36)31-23-37(32-9-5-4-8-29(31)32)22-24-10-12-26(34)13-11-24/h4-5,8-13,18-20,23,30H,3,6-7,14-17,21-22H2,1-2H3,(H,35,38). The summed E-state index contributed by atoms with van der Waals surface area (Å²) >= 11 is 0. The number of likely N-dealkylation sites (tertiary alicyclic amines) is 1. The summed E-state index contributed by atoms with van der Waals surface area (Å²) in [4.78, 5) is 15.8. The Bertz CT molecular complexity index is 1400. The van der Waals surface area contributed by atoms with Crippen molar-refractivity contribution in [3.63, 3.8) is 0 Å². The van der Waals surface area contributed by atoms with Crippen molar-refractivity contribution in [3.8, 4) is 11.5 Å². The Hall–Kier alpha value is -3.84. The lowest BCUT2D eigenvalue weighted by molar-refractivity contribution is -0.121. The van der Waals surface area contributed by atoms with Crippen molar-refractivity contribution in [1.82, 2.24) is 14.8 Å². The quantitative estimate of drug-likeness (QED) is 0.253. The Morgan fingerprint density at radius 3 is 2.35 bits per heavy atom. The van der Waals surface area contributed by atoms with E-state index in [1.54, 1.807) is 14.2 Å². The molecule has 1 unspecified atom stereocenters. The molecule has 0 bridgehead atoms. The Morgan fingerprint density at radius 2 is 1.65 bits per heavy atom. The van der Waals surface area contributed by atoms with Crippen LogP contribution < -0.4 is 14.8 Å². The van der Waals surface area contributed by atoms with Gasteiger partial charge in [0.1, 0.15) is 17.3 Å². The molecule has 6 nitrogen and oxygen atoms in total. The summed E-state index contributed by atoms with van der Waals surface area (Å²) in [5.74, 6) is 0.900. The molecular formula is C33H38FN3O3. The Balaban J connectivity index is 1.47. The molecule has 1 N–H and O–H groups in total. The van der Waals surface area contributed by atoms with Gasteiger partial charge in [-0.3, -0.25) is 4.79 Å². The van der Waals surface area contributed by atoms with Crippen LogP contribution in [0.5, 0.6) is 11.5 Å². The van der Waals surface area contributed by atoms with Crippen LogP contribution in [-0.4, -0.2) is 55.8 Å². The van der Waals surface area contributed by atoms with Gasteiger partial charge in [0, 0.05) is 55.1 Å². The molecule has 40 heavy (non-hydrogen) atoms. The van der Waals surface area contributed by atoms with Crippen LogP contribution in [0, 0.1) is 5.82 Å². The number of hydrogen-bond acceptors (Lipinski definition) is 4. The molecule has 0 aliphatic carbocycles. The molecule has 1 aliphatic rings. The zero-order valence-electron chi connectivity index (χ0n) is 23.4. The number of carbonyl (C=O) groups is 1. The summed E-state index contributed by atoms with van der Waals surface area (Å²) in [7, 11) is 3.27. The van der Waals surface area contributed by atoms with Crippen molar-refractivity contribution in [2.24, 2.45) is 0 Å². The van der Waals surface area contributed by atoms with Crippen molar-refractivity contribution < 1.29 is 18.7 Å². The number of nitrogens with zero attached hydrogens (tertiary/aromatic N) is 2. The number of carbonyl (C=O) groups excluding carboxylic acids is 1. The number of ether oxygens (including phenoxy) is 2. The fraction of sp³-hybridized carbons (Fsp3) is 0.364. The second-order valence-electron chi connectivity index (χ2n) is 10.5. The van der Waals surface area contributed by atoms with Crippen molar-refractivity contribution in [2.45, 2.75) is 38.1 Å². The zero-order chi connectivity index (χ0) is 27.9. The van der Waals surface area contributed by atoms with Gasteiger partial charge in [0.25, 0.3) is 0 Å². The van der Waals surface area contributed by atoms with Crippen LogP contribution in [0.15, 0.2) is 72.9 Å². The van der Waals surface area contributed by atoms with E-state index in [1.807, 2.05) is 42.5 Å². The maximum Gasteiger partial charge on any atom is 0.220 e. The van der Waals surface area contributed by atoms with E-state index in [9.17, 15) is 9.18 Å². The van der Waals surface area contributed by atoms with Gasteiger partial charge in [-0.15, -0.1) is 0 Å². The fourth-order valence-electron chi connectivity index (χ4n) is 5.70. The van der Waals surface area contributed by atoms with Gasteiger partial charge in [0.2, 0.25) is 5.91 Å². The van der Waals surface area contributed by atoms with Crippen LogP contribution >= 0.6 is 0 Å². The molecule has 2 heterocycles. The molecule has 1 aliphatic heterocycles. The van der Waals surface area contributed by atoms with Gasteiger partial charge < -0.3 is 24.3 Å². The van der Waals surface area contributed by atoms with E-state index in [1.165, 1.54) is 31.4 Å². The first-order valence-corrected chi connectivity index (χ1v) is 14.1. The minimum Gasteiger partial charge on any atom is -0.497 e. The average Bonchev–Trinajstić information content (AvgIpc) is 3.35. The maximum absolute atomic E-state index is 13.5. The van der Waals surface area contributed by atoms with Gasteiger partial charge in [0.15, 0.2) is 0 Å². The highest BCUT2D eigenvalue weighted by Gasteiger charge is 2.24. The average molecular weight is 544 g/mol. The van der Waals surface area contributed by atoms with Gasteiger partial charge in [-0.2, -0.15) is 0 Å². The van der Waals surface area contributed by atoms with Gasteiger partial charge in [0.05, 0.1) is 14.2 Å². The smallest absolute Gasteiger partial charge is 0.220 e. The molecule has 1 amide bonds. The normalized spacial score (nSPS) is 14.7. The minimum atomic E-state index is -0.250. The van der Waals surface area contributed by atoms with Gasteiger partial charge in [-0.1, -0.05) is 36.8 Å². The van der Waals surface area contributed by atoms with Crippen molar-refractivity contribution in [3.05, 3.63) is 95.4 Å². The predicted molar refractivity (Wildman–Crippen MR) is 157 cm³/mol. The Labute approximate surface area is 235 Å². The minimum absolute atomic E-state index is 0.0131. The zero-order valence-corrected chi connectivity index (χ0v) is 23.4. The van der Waals surface area contributed by atoms with Crippen LogP contribution in [0.2, 0.25) is 0 Å². The van der Waals surface area contributed by atoms with E-state index < -0.39 is 0 Å². The van der Waals surface area contributed by atoms with Crippen LogP contribution in [-0.2, 0) is 11.3 Å². The summed E-state index contributed by atoms with van der Waals surface area (Å²) in [5, 5.41) is 4.25. The van der Waals surface area contributed by atoms with Crippen molar-refractivity contribution >= 4 is 16.8 Å². The second-order valence-corrected chi connectivity index (χ2v) is 10.5. The van der Waals surface area contributed by atoms with Crippen LogP contribution in [0.25, 0.3) is 10.9 Å². The van der Waals surface area contributed by atoms with Crippen LogP contribution in [0.3, 0.4) is 0 Å². The highest BCUT2D eigenvalue weighted by molar-refractivity contribution is 5.87. The number of halogens is 1. The molecule has 0 saturated carbocycles. The molecule has 1 atom stereocenters. The molecule has 3 aromatic carbocycles. The van der Waals surface area contributed by atoms with E-state index >= 15 is 0 Å². The number of benzene rings is 3. The third-order valence-electron chi connectivity index (χ3n) is 7.83. The monoisotopic (exact) mass is 543 g/mol. The molecule has 1 aromatic heterocycles. The summed E-state index contributed by atoms with van der Waals surface area (Å²) in [6, 6.07) is 20.6. The number of hydrogen-bond donors (Lipinski definition) is 1. The first-order valence-electron chi connectivity index (χ1n) is 14.1. The molecule has 210 valence electrons. The Morgan fingerprint density at radius 1 is 0.950 bits per heavy atom. The molecule has 0 spiro atoms. The van der Waals surface area contributed by atoms with E-state index in [2.05, 4.69) is 33.1 Å². The van der Waals surface area contributed by atoms with Crippen LogP contribution in [0.1, 0.15) is 48.3 Å². The number of rotatable bonds is 11. The third-order valence-corrected chi connectivity index (χ3v) is 7.83. The lowest BCUT2D eigenvalue weighted by Crippen LogP contribution is -2.38. The molecule has 5 rings (SSSR count). The molecule has 1 fully saturated rings. The van der Waals surface area contributed by atoms with Gasteiger partial charge in [-0.05, 0) is 73.0 Å². The number of methoxy groups -OCH3 is 2. The topological polar surface area (TPSA) is 55.7 Å². The Kier molecular flexibility index (Phi) is 9.01. The lowest BCUT2D eigenvalue weighted by atomic mass is 9.87. The number of amides is 1. The first-order chi connectivity index (χ1) is 19.5. The summed E-state index contributed by atoms with van der Waals surface area (Å²) < 4.78 is 26.9. The number of para-hydroxylation sites is 1. The van der Waals surface area contributed by atoms with E-state index in [-0.39, 0.29) is 17.6 Å². The number of aromatic nitrogens is 1. The number of nitrogens with one attached hydrogen (secondary N) is 1. The molecule has 4 aromatic rings. The highest BCUT2D eigenvalue weighted by atomic mass is 19.1. The number of fused-ring (bicyclic) bond motifs is 1. The summed E-state index contributed by atoms with van der Waals surface area (Å²) in [6.07, 6.45) is 6.18. The first kappa shape index (κ1) is 27.7. The van der Waals surface area contributed by atoms with Crippen LogP contribution in [0.4, 0.5) is 4.39 Å². The number of piperidine rings is 1. The third kappa shape index (κ3) is 6.65. The summed E-state index contributed by atoms with van der Waals surface area (Å²) in [6.45, 7) is 4.32. The second kappa shape index (κ2) is 13.0. The maximum atomic E-state index is 13.5. The van der Waals surface area contributed by atoms with Gasteiger partial charge >= 0.3 is 0 Å². The predicted octanol–water partition coefficient (Wildman–Crippen LogP) is 5.97. The van der Waals surface area contributed by atoms with E-state index in [4.69, 9.17) is 9.47 Å². The molecule has 7 heteroatoms. The molecule has 1 saturated heterocycles. The SMILES string of the molecule is COc1cc(OC)cc(C(CC(=O)NCCN2CCCCC2)c2cn(Cc3ccc(F)cc3)c3ccccc23)c1. The molecule has 0 radical (unpaired) electrons. The van der Waals surface area contributed by atoms with E-state index in [0.29, 0.717) is 31.0 Å². The molecular weight excluding hydrogens is 505 g/mol. The van der Waals surface area contributed by atoms with Crippen molar-refractivity contribution in [1.29, 1.82) is 0 Å². The van der Waals surface area contributed by atoms with E-state index in [0.717, 1.165) is 47.2 Å². The summed E-state index contributed by atoms with van der Waals surface area (Å²) in [5.41, 5.74) is 4.07.